The molecule has 0 heterocycles. The van der Waals surface area contributed by atoms with Crippen LogP contribution in [0.15, 0.2) is 0 Å². The van der Waals surface area contributed by atoms with E-state index in [-0.39, 0.29) is 12.8 Å². The molecule has 0 aromatic rings. The minimum absolute atomic E-state index is 0.139. The van der Waals surface area contributed by atoms with Crippen molar-refractivity contribution in [3.63, 3.8) is 0 Å². The van der Waals surface area contributed by atoms with Crippen molar-refractivity contribution in [2.75, 3.05) is 0 Å². The number of hydrogen-bond donors (Lipinski definition) is 4. The molecule has 0 rings (SSSR count). The third kappa shape index (κ3) is 11.9. The number of unbranched alkanes of at least 4 members (excludes halogenated alkanes) is 11. The van der Waals surface area contributed by atoms with Crippen LogP contribution in [0.2, 0.25) is 0 Å². The van der Waals surface area contributed by atoms with Crippen LogP contribution in [0.4, 0.5) is 0 Å². The van der Waals surface area contributed by atoms with Crippen LogP contribution < -0.4 is 0 Å². The van der Waals surface area contributed by atoms with Crippen LogP contribution in [0, 0.1) is 0 Å². The summed E-state index contributed by atoms with van der Waals surface area (Å²) in [4.78, 5) is 10.7. The maximum absolute atomic E-state index is 10.7. The molecule has 0 bridgehead atoms. The summed E-state index contributed by atoms with van der Waals surface area (Å²) in [7, 11) is 0. The van der Waals surface area contributed by atoms with Gasteiger partial charge in [0.1, 0.15) is 5.60 Å². The van der Waals surface area contributed by atoms with E-state index in [1.807, 2.05) is 0 Å². The third-order valence-electron chi connectivity index (χ3n) is 5.37. The first-order valence-corrected chi connectivity index (χ1v) is 10.6. The van der Waals surface area contributed by atoms with Crippen molar-refractivity contribution >= 4 is 5.97 Å². The summed E-state index contributed by atoms with van der Waals surface area (Å²) in [5.74, 6) is -1.04. The molecular weight excluding hydrogens is 332 g/mol. The van der Waals surface area contributed by atoms with E-state index in [4.69, 9.17) is 5.11 Å². The lowest BCUT2D eigenvalue weighted by Crippen LogP contribution is -2.51. The maximum Gasteiger partial charge on any atom is 0.303 e. The Morgan fingerprint density at radius 3 is 1.65 bits per heavy atom. The molecule has 26 heavy (non-hydrogen) atoms. The average molecular weight is 375 g/mol. The highest BCUT2D eigenvalue weighted by Gasteiger charge is 2.40. The number of carboxylic acids is 1. The van der Waals surface area contributed by atoms with E-state index in [1.165, 1.54) is 64.7 Å². The molecule has 0 spiro atoms. The Morgan fingerprint density at radius 2 is 1.27 bits per heavy atom. The molecule has 0 aromatic heterocycles. The van der Waals surface area contributed by atoms with E-state index in [0.29, 0.717) is 6.42 Å². The normalized spacial score (nSPS) is 16.2. The lowest BCUT2D eigenvalue weighted by Gasteiger charge is -2.35. The largest absolute Gasteiger partial charge is 0.481 e. The Kier molecular flexibility index (Phi) is 15.0. The smallest absolute Gasteiger partial charge is 0.303 e. The zero-order valence-corrected chi connectivity index (χ0v) is 17.0. The number of carboxylic acid groups (broad SMARTS) is 1. The zero-order valence-electron chi connectivity index (χ0n) is 17.0. The lowest BCUT2D eigenvalue weighted by atomic mass is 9.84. The van der Waals surface area contributed by atoms with Crippen LogP contribution in [0.25, 0.3) is 0 Å². The Hall–Kier alpha value is -0.650. The van der Waals surface area contributed by atoms with Gasteiger partial charge in [-0.25, -0.2) is 0 Å². The van der Waals surface area contributed by atoms with Crippen LogP contribution in [0.5, 0.6) is 0 Å². The van der Waals surface area contributed by atoms with Crippen molar-refractivity contribution in [2.45, 2.75) is 128 Å². The Bertz CT molecular complexity index is 345. The first kappa shape index (κ1) is 25.4. The number of carbonyl (C=O) groups is 1. The SMILES string of the molecule is CCCCCCCCCCCCCCC(O)C(O)(CCC(=O)O)C(C)O. The van der Waals surface area contributed by atoms with Gasteiger partial charge in [-0.15, -0.1) is 0 Å². The summed E-state index contributed by atoms with van der Waals surface area (Å²) in [5, 5.41) is 39.1. The summed E-state index contributed by atoms with van der Waals surface area (Å²) in [6, 6.07) is 0. The van der Waals surface area contributed by atoms with Crippen molar-refractivity contribution < 1.29 is 25.2 Å². The van der Waals surface area contributed by atoms with E-state index in [9.17, 15) is 20.1 Å². The van der Waals surface area contributed by atoms with Crippen molar-refractivity contribution in [1.82, 2.24) is 0 Å². The number of rotatable bonds is 18. The van der Waals surface area contributed by atoms with E-state index in [0.717, 1.165) is 19.3 Å². The molecule has 5 heteroatoms. The number of hydrogen-bond acceptors (Lipinski definition) is 4. The Morgan fingerprint density at radius 1 is 0.846 bits per heavy atom. The molecule has 3 atom stereocenters. The minimum Gasteiger partial charge on any atom is -0.481 e. The molecule has 0 fully saturated rings. The Balaban J connectivity index is 3.73. The standard InChI is InChI=1S/C21H42O5/c1-3-4-5-6-7-8-9-10-11-12-13-14-15-19(23)21(26,18(2)22)17-16-20(24)25/h18-19,22-23,26H,3-17H2,1-2H3,(H,24,25). The van der Waals surface area contributed by atoms with Crippen LogP contribution in [-0.2, 0) is 4.79 Å². The highest BCUT2D eigenvalue weighted by atomic mass is 16.4. The molecule has 0 radical (unpaired) electrons. The second kappa shape index (κ2) is 15.4. The molecule has 0 aliphatic carbocycles. The second-order valence-corrected chi connectivity index (χ2v) is 7.75. The highest BCUT2D eigenvalue weighted by molar-refractivity contribution is 5.66. The van der Waals surface area contributed by atoms with Gasteiger partial charge in [-0.3, -0.25) is 4.79 Å². The number of aliphatic hydroxyl groups excluding tert-OH is 2. The fourth-order valence-electron chi connectivity index (χ4n) is 3.39. The van der Waals surface area contributed by atoms with Gasteiger partial charge in [0.25, 0.3) is 0 Å². The van der Waals surface area contributed by atoms with Gasteiger partial charge < -0.3 is 20.4 Å². The van der Waals surface area contributed by atoms with Gasteiger partial charge in [-0.1, -0.05) is 84.0 Å². The zero-order chi connectivity index (χ0) is 19.8. The summed E-state index contributed by atoms with van der Waals surface area (Å²) >= 11 is 0. The van der Waals surface area contributed by atoms with Crippen LogP contribution in [-0.4, -0.2) is 44.2 Å². The molecular formula is C21H42O5. The predicted molar refractivity (Wildman–Crippen MR) is 105 cm³/mol. The molecule has 5 nitrogen and oxygen atoms in total. The monoisotopic (exact) mass is 374 g/mol. The van der Waals surface area contributed by atoms with Crippen molar-refractivity contribution in [3.8, 4) is 0 Å². The highest BCUT2D eigenvalue weighted by Crippen LogP contribution is 2.26. The molecule has 0 saturated carbocycles. The molecule has 3 unspecified atom stereocenters. The average Bonchev–Trinajstić information content (AvgIpc) is 2.60. The Labute approximate surface area is 159 Å². The van der Waals surface area contributed by atoms with Gasteiger partial charge in [-0.2, -0.15) is 0 Å². The van der Waals surface area contributed by atoms with Gasteiger partial charge in [0.2, 0.25) is 0 Å². The van der Waals surface area contributed by atoms with Crippen molar-refractivity contribution in [2.24, 2.45) is 0 Å². The predicted octanol–water partition coefficient (Wildman–Crippen LogP) is 4.42. The van der Waals surface area contributed by atoms with E-state index in [1.54, 1.807) is 0 Å². The topological polar surface area (TPSA) is 98.0 Å². The van der Waals surface area contributed by atoms with E-state index in [2.05, 4.69) is 6.92 Å². The van der Waals surface area contributed by atoms with Gasteiger partial charge in [0.15, 0.2) is 0 Å². The fourth-order valence-corrected chi connectivity index (χ4v) is 3.39. The van der Waals surface area contributed by atoms with Gasteiger partial charge in [0, 0.05) is 6.42 Å². The fraction of sp³-hybridized carbons (Fsp3) is 0.952. The first-order chi connectivity index (χ1) is 12.3. The quantitative estimate of drug-likeness (QED) is 0.266. The van der Waals surface area contributed by atoms with E-state index < -0.39 is 23.8 Å². The first-order valence-electron chi connectivity index (χ1n) is 10.6. The molecule has 0 aliphatic rings. The van der Waals surface area contributed by atoms with Gasteiger partial charge in [-0.05, 0) is 19.8 Å². The van der Waals surface area contributed by atoms with Crippen LogP contribution >= 0.6 is 0 Å². The summed E-state index contributed by atoms with van der Waals surface area (Å²) in [6.07, 6.45) is 12.4. The number of aliphatic hydroxyl groups is 3. The third-order valence-corrected chi connectivity index (χ3v) is 5.37. The van der Waals surface area contributed by atoms with Crippen molar-refractivity contribution in [3.05, 3.63) is 0 Å². The molecule has 0 aromatic carbocycles. The maximum atomic E-state index is 10.7. The summed E-state index contributed by atoms with van der Waals surface area (Å²) in [6.45, 7) is 3.63. The van der Waals surface area contributed by atoms with E-state index >= 15 is 0 Å². The minimum atomic E-state index is -1.74. The second-order valence-electron chi connectivity index (χ2n) is 7.75. The van der Waals surface area contributed by atoms with Gasteiger partial charge in [0.05, 0.1) is 12.2 Å². The van der Waals surface area contributed by atoms with Crippen LogP contribution in [0.1, 0.15) is 110 Å². The molecule has 0 saturated heterocycles. The molecule has 0 aliphatic heterocycles. The molecule has 0 amide bonds. The molecule has 4 N–H and O–H groups in total. The van der Waals surface area contributed by atoms with Crippen LogP contribution in [0.3, 0.4) is 0 Å². The summed E-state index contributed by atoms with van der Waals surface area (Å²) < 4.78 is 0. The van der Waals surface area contributed by atoms with Gasteiger partial charge >= 0.3 is 5.97 Å². The summed E-state index contributed by atoms with van der Waals surface area (Å²) in [5.41, 5.74) is -1.74. The lowest BCUT2D eigenvalue weighted by molar-refractivity contribution is -0.156. The van der Waals surface area contributed by atoms with Crippen molar-refractivity contribution in [1.29, 1.82) is 0 Å². The number of aliphatic carboxylic acids is 1. The molecule has 156 valence electrons.